The van der Waals surface area contributed by atoms with Gasteiger partial charge in [0, 0.05) is 58.6 Å². The van der Waals surface area contributed by atoms with Gasteiger partial charge in [-0.2, -0.15) is 0 Å². The van der Waals surface area contributed by atoms with E-state index in [9.17, 15) is 0 Å². The van der Waals surface area contributed by atoms with E-state index < -0.39 is 0 Å². The number of nitrogens with zero attached hydrogens (tertiary/aromatic N) is 3. The molecule has 0 saturated carbocycles. The number of guanidine groups is 1. The van der Waals surface area contributed by atoms with Crippen molar-refractivity contribution in [1.29, 1.82) is 0 Å². The predicted molar refractivity (Wildman–Crippen MR) is 137 cm³/mol. The van der Waals surface area contributed by atoms with Crippen molar-refractivity contribution in [2.24, 2.45) is 4.99 Å². The molecule has 2 N–H and O–H groups in total. The second kappa shape index (κ2) is 15.1. The standard InChI is InChI=1S/C23H35N5O2.HI/c1-24-23(26-12-7-18-29-20-22-10-5-19-30-22)25-11-6-13-27-14-16-28(17-15-27)21-8-3-2-4-9-21;/h2-5,8-10,19H,6-7,11-18,20H2,1H3,(H2,24,25,26);1H. The molecule has 0 atom stereocenters. The fourth-order valence-corrected chi connectivity index (χ4v) is 3.55. The van der Waals surface area contributed by atoms with Crippen molar-refractivity contribution >= 4 is 35.6 Å². The normalized spacial score (nSPS) is 14.9. The van der Waals surface area contributed by atoms with Crippen molar-refractivity contribution < 1.29 is 9.15 Å². The first-order valence-electron chi connectivity index (χ1n) is 10.9. The van der Waals surface area contributed by atoms with Crippen LogP contribution in [-0.2, 0) is 11.3 Å². The minimum absolute atomic E-state index is 0. The molecule has 0 unspecified atom stereocenters. The summed E-state index contributed by atoms with van der Waals surface area (Å²) in [5.74, 6) is 1.72. The molecule has 7 nitrogen and oxygen atoms in total. The Balaban J connectivity index is 0.00000341. The summed E-state index contributed by atoms with van der Waals surface area (Å²) in [5, 5.41) is 6.74. The molecule has 2 heterocycles. The second-order valence-corrected chi connectivity index (χ2v) is 7.43. The number of benzene rings is 1. The van der Waals surface area contributed by atoms with Crippen LogP contribution in [0.5, 0.6) is 0 Å². The number of nitrogens with one attached hydrogen (secondary N) is 2. The molecule has 1 aromatic heterocycles. The summed E-state index contributed by atoms with van der Waals surface area (Å²) in [6, 6.07) is 14.5. The van der Waals surface area contributed by atoms with Gasteiger partial charge in [0.05, 0.1) is 6.26 Å². The first kappa shape index (κ1) is 25.5. The molecule has 0 spiro atoms. The van der Waals surface area contributed by atoms with E-state index in [0.29, 0.717) is 13.2 Å². The Bertz CT molecular complexity index is 719. The van der Waals surface area contributed by atoms with Crippen LogP contribution in [0.4, 0.5) is 5.69 Å². The summed E-state index contributed by atoms with van der Waals surface area (Å²) in [4.78, 5) is 9.31. The number of furan rings is 1. The third-order valence-electron chi connectivity index (χ3n) is 5.24. The minimum Gasteiger partial charge on any atom is -0.467 e. The molecular weight excluding hydrogens is 505 g/mol. The molecule has 0 amide bonds. The Labute approximate surface area is 203 Å². The average Bonchev–Trinajstić information content (AvgIpc) is 3.32. The van der Waals surface area contributed by atoms with Crippen molar-refractivity contribution in [3.63, 3.8) is 0 Å². The van der Waals surface area contributed by atoms with Gasteiger partial charge in [0.25, 0.3) is 0 Å². The van der Waals surface area contributed by atoms with Crippen LogP contribution in [0, 0.1) is 0 Å². The van der Waals surface area contributed by atoms with Crippen LogP contribution < -0.4 is 15.5 Å². The lowest BCUT2D eigenvalue weighted by Crippen LogP contribution is -2.47. The Hall–Kier alpha value is -1.78. The third kappa shape index (κ3) is 9.49. The van der Waals surface area contributed by atoms with Crippen molar-refractivity contribution in [1.82, 2.24) is 15.5 Å². The molecule has 0 bridgehead atoms. The zero-order valence-corrected chi connectivity index (χ0v) is 20.8. The van der Waals surface area contributed by atoms with E-state index in [-0.39, 0.29) is 24.0 Å². The van der Waals surface area contributed by atoms with Gasteiger partial charge in [0.15, 0.2) is 5.96 Å². The SMILES string of the molecule is CN=C(NCCCOCc1ccco1)NCCCN1CCN(c2ccccc2)CC1.I. The first-order chi connectivity index (χ1) is 14.8. The minimum atomic E-state index is 0. The van der Waals surface area contributed by atoms with Crippen molar-refractivity contribution in [2.75, 3.05) is 64.4 Å². The highest BCUT2D eigenvalue weighted by Crippen LogP contribution is 2.15. The molecule has 31 heavy (non-hydrogen) atoms. The molecular formula is C23H36IN5O2. The van der Waals surface area contributed by atoms with Crippen LogP contribution >= 0.6 is 24.0 Å². The van der Waals surface area contributed by atoms with Crippen molar-refractivity contribution in [2.45, 2.75) is 19.4 Å². The molecule has 172 valence electrons. The summed E-state index contributed by atoms with van der Waals surface area (Å²) in [5.41, 5.74) is 1.33. The number of hydrogen-bond donors (Lipinski definition) is 2. The summed E-state index contributed by atoms with van der Waals surface area (Å²) >= 11 is 0. The number of halogens is 1. The zero-order valence-electron chi connectivity index (χ0n) is 18.5. The molecule has 1 aliphatic rings. The van der Waals surface area contributed by atoms with E-state index in [0.717, 1.165) is 70.4 Å². The molecule has 0 aliphatic carbocycles. The third-order valence-corrected chi connectivity index (χ3v) is 5.24. The fourth-order valence-electron chi connectivity index (χ4n) is 3.55. The maximum atomic E-state index is 5.59. The summed E-state index contributed by atoms with van der Waals surface area (Å²) < 4.78 is 10.8. The van der Waals surface area contributed by atoms with E-state index in [1.807, 2.05) is 19.2 Å². The van der Waals surface area contributed by atoms with Gasteiger partial charge in [-0.15, -0.1) is 24.0 Å². The number of rotatable bonds is 11. The zero-order chi connectivity index (χ0) is 20.9. The number of piperazine rings is 1. The van der Waals surface area contributed by atoms with Gasteiger partial charge in [-0.1, -0.05) is 18.2 Å². The molecule has 1 aliphatic heterocycles. The van der Waals surface area contributed by atoms with Crippen LogP contribution in [0.1, 0.15) is 18.6 Å². The van der Waals surface area contributed by atoms with E-state index >= 15 is 0 Å². The van der Waals surface area contributed by atoms with Crippen LogP contribution in [0.3, 0.4) is 0 Å². The molecule has 3 rings (SSSR count). The molecule has 8 heteroatoms. The molecule has 2 aromatic rings. The highest BCUT2D eigenvalue weighted by atomic mass is 127. The van der Waals surface area contributed by atoms with Crippen molar-refractivity contribution in [3.05, 3.63) is 54.5 Å². The molecule has 1 saturated heterocycles. The van der Waals surface area contributed by atoms with Gasteiger partial charge in [-0.25, -0.2) is 0 Å². The van der Waals surface area contributed by atoms with Crippen LogP contribution in [0.25, 0.3) is 0 Å². The predicted octanol–water partition coefficient (Wildman–Crippen LogP) is 3.18. The largest absolute Gasteiger partial charge is 0.467 e. The van der Waals surface area contributed by atoms with Gasteiger partial charge in [0.1, 0.15) is 12.4 Å². The lowest BCUT2D eigenvalue weighted by molar-refractivity contribution is 0.105. The topological polar surface area (TPSA) is 65.3 Å². The van der Waals surface area contributed by atoms with Crippen LogP contribution in [-0.4, -0.2) is 70.3 Å². The van der Waals surface area contributed by atoms with E-state index in [4.69, 9.17) is 9.15 Å². The fraction of sp³-hybridized carbons (Fsp3) is 0.522. The van der Waals surface area contributed by atoms with E-state index in [2.05, 4.69) is 55.8 Å². The highest BCUT2D eigenvalue weighted by Gasteiger charge is 2.16. The molecule has 1 aromatic carbocycles. The number of hydrogen-bond acceptors (Lipinski definition) is 5. The quantitative estimate of drug-likeness (QED) is 0.197. The summed E-state index contributed by atoms with van der Waals surface area (Å²) in [7, 11) is 1.81. The maximum Gasteiger partial charge on any atom is 0.190 e. The highest BCUT2D eigenvalue weighted by molar-refractivity contribution is 14.0. The Morgan fingerprint density at radius 2 is 1.74 bits per heavy atom. The number of para-hydroxylation sites is 1. The van der Waals surface area contributed by atoms with E-state index in [1.54, 1.807) is 6.26 Å². The Morgan fingerprint density at radius 3 is 2.42 bits per heavy atom. The average molecular weight is 541 g/mol. The van der Waals surface area contributed by atoms with E-state index in [1.165, 1.54) is 5.69 Å². The second-order valence-electron chi connectivity index (χ2n) is 7.43. The maximum absolute atomic E-state index is 5.59. The van der Waals surface area contributed by atoms with Crippen LogP contribution in [0.2, 0.25) is 0 Å². The van der Waals surface area contributed by atoms with Gasteiger partial charge in [0.2, 0.25) is 0 Å². The lowest BCUT2D eigenvalue weighted by atomic mass is 10.2. The van der Waals surface area contributed by atoms with Gasteiger partial charge < -0.3 is 24.7 Å². The monoisotopic (exact) mass is 541 g/mol. The number of aliphatic imine (C=N–C) groups is 1. The summed E-state index contributed by atoms with van der Waals surface area (Å²) in [6.07, 6.45) is 3.70. The van der Waals surface area contributed by atoms with Crippen LogP contribution in [0.15, 0.2) is 58.1 Å². The molecule has 1 fully saturated rings. The van der Waals surface area contributed by atoms with Gasteiger partial charge in [-0.3, -0.25) is 9.89 Å². The van der Waals surface area contributed by atoms with Crippen molar-refractivity contribution in [3.8, 4) is 0 Å². The van der Waals surface area contributed by atoms with Gasteiger partial charge in [-0.05, 0) is 43.7 Å². The smallest absolute Gasteiger partial charge is 0.190 e. The lowest BCUT2D eigenvalue weighted by Gasteiger charge is -2.36. The van der Waals surface area contributed by atoms with Gasteiger partial charge >= 0.3 is 0 Å². The Kier molecular flexibility index (Phi) is 12.4. The first-order valence-corrected chi connectivity index (χ1v) is 10.9. The molecule has 0 radical (unpaired) electrons. The number of anilines is 1. The summed E-state index contributed by atoms with van der Waals surface area (Å²) in [6.45, 7) is 8.55. The number of ether oxygens (including phenoxy) is 1. The Morgan fingerprint density at radius 1 is 1.00 bits per heavy atom.